The highest BCUT2D eigenvalue weighted by atomic mass is 16.6. The molecule has 0 heterocycles. The van der Waals surface area contributed by atoms with Gasteiger partial charge in [0, 0.05) is 12.1 Å². The summed E-state index contributed by atoms with van der Waals surface area (Å²) in [7, 11) is 5.60. The van der Waals surface area contributed by atoms with E-state index in [1.54, 1.807) is 18.2 Å². The van der Waals surface area contributed by atoms with E-state index >= 15 is 0 Å². The van der Waals surface area contributed by atoms with Gasteiger partial charge in [-0.25, -0.2) is 0 Å². The molecule has 21 heavy (non-hydrogen) atoms. The molecule has 0 aliphatic heterocycles. The summed E-state index contributed by atoms with van der Waals surface area (Å²) in [5.41, 5.74) is 0.608. The second-order valence-electron chi connectivity index (χ2n) is 5.79. The van der Waals surface area contributed by atoms with Crippen molar-refractivity contribution in [1.29, 1.82) is 0 Å². The number of benzene rings is 1. The lowest BCUT2D eigenvalue weighted by atomic mass is 9.96. The van der Waals surface area contributed by atoms with Crippen molar-refractivity contribution in [3.63, 3.8) is 0 Å². The number of hydrogen-bond acceptors (Lipinski definition) is 5. The number of hydrogen-bond donors (Lipinski definition) is 1. The summed E-state index contributed by atoms with van der Waals surface area (Å²) in [6.45, 7) is 0.702. The third-order valence-electron chi connectivity index (χ3n) is 4.49. The molecule has 0 aromatic heterocycles. The lowest BCUT2D eigenvalue weighted by Gasteiger charge is -2.36. The summed E-state index contributed by atoms with van der Waals surface area (Å²) in [5, 5.41) is 14.6. The summed E-state index contributed by atoms with van der Waals surface area (Å²) in [4.78, 5) is 13.1. The summed E-state index contributed by atoms with van der Waals surface area (Å²) in [6.07, 6.45) is 4.65. The van der Waals surface area contributed by atoms with Gasteiger partial charge in [-0.3, -0.25) is 10.1 Å². The molecule has 1 N–H and O–H groups in total. The molecule has 0 saturated heterocycles. The zero-order valence-electron chi connectivity index (χ0n) is 12.9. The van der Waals surface area contributed by atoms with Crippen LogP contribution >= 0.6 is 0 Å². The maximum Gasteiger partial charge on any atom is 0.333 e. The normalized spacial score (nSPS) is 17.0. The molecule has 0 radical (unpaired) electrons. The van der Waals surface area contributed by atoms with Gasteiger partial charge in [-0.15, -0.1) is 0 Å². The van der Waals surface area contributed by atoms with Gasteiger partial charge >= 0.3 is 5.69 Å². The number of rotatable bonds is 6. The molecule has 0 amide bonds. The molecule has 116 valence electrons. The van der Waals surface area contributed by atoms with Gasteiger partial charge in [0.25, 0.3) is 0 Å². The number of para-hydroxylation sites is 1. The van der Waals surface area contributed by atoms with Crippen LogP contribution in [-0.2, 0) is 0 Å². The van der Waals surface area contributed by atoms with E-state index in [0.717, 1.165) is 12.8 Å². The van der Waals surface area contributed by atoms with Crippen molar-refractivity contribution in [3.05, 3.63) is 28.3 Å². The second-order valence-corrected chi connectivity index (χ2v) is 5.79. The van der Waals surface area contributed by atoms with Crippen LogP contribution in [0.25, 0.3) is 0 Å². The Morgan fingerprint density at radius 2 is 2.05 bits per heavy atom. The zero-order valence-corrected chi connectivity index (χ0v) is 12.9. The standard InChI is InChI=1S/C15H23N3O3/c1-17(2)15(9-4-5-10-15)11-16-12-7-6-8-13(21-3)14(12)18(19)20/h6-8,16H,4-5,9-11H2,1-3H3. The minimum Gasteiger partial charge on any atom is -0.490 e. The van der Waals surface area contributed by atoms with E-state index in [4.69, 9.17) is 4.74 Å². The van der Waals surface area contributed by atoms with Crippen LogP contribution in [0.3, 0.4) is 0 Å². The maximum atomic E-state index is 11.3. The molecule has 1 aromatic carbocycles. The highest BCUT2D eigenvalue weighted by Crippen LogP contribution is 2.37. The average Bonchev–Trinajstić information content (AvgIpc) is 2.94. The highest BCUT2D eigenvalue weighted by molar-refractivity contribution is 5.68. The lowest BCUT2D eigenvalue weighted by Crippen LogP contribution is -2.47. The molecule has 1 fully saturated rings. The van der Waals surface area contributed by atoms with Gasteiger partial charge in [0.1, 0.15) is 5.69 Å². The molecule has 2 rings (SSSR count). The predicted octanol–water partition coefficient (Wildman–Crippen LogP) is 2.89. The van der Waals surface area contributed by atoms with Crippen LogP contribution < -0.4 is 10.1 Å². The summed E-state index contributed by atoms with van der Waals surface area (Å²) in [5.74, 6) is 0.287. The van der Waals surface area contributed by atoms with Crippen molar-refractivity contribution in [3.8, 4) is 5.75 Å². The lowest BCUT2D eigenvalue weighted by molar-refractivity contribution is -0.384. The van der Waals surface area contributed by atoms with E-state index in [1.807, 2.05) is 0 Å². The largest absolute Gasteiger partial charge is 0.490 e. The molecule has 0 spiro atoms. The third-order valence-corrected chi connectivity index (χ3v) is 4.49. The van der Waals surface area contributed by atoms with E-state index in [-0.39, 0.29) is 17.0 Å². The van der Waals surface area contributed by atoms with E-state index in [1.165, 1.54) is 20.0 Å². The molecule has 0 bridgehead atoms. The molecule has 1 aromatic rings. The van der Waals surface area contributed by atoms with E-state index in [9.17, 15) is 10.1 Å². The van der Waals surface area contributed by atoms with Crippen molar-refractivity contribution >= 4 is 11.4 Å². The number of anilines is 1. The number of methoxy groups -OCH3 is 1. The number of likely N-dealkylation sites (N-methyl/N-ethyl adjacent to an activating group) is 1. The van der Waals surface area contributed by atoms with Crippen molar-refractivity contribution in [2.45, 2.75) is 31.2 Å². The van der Waals surface area contributed by atoms with Crippen molar-refractivity contribution in [2.24, 2.45) is 0 Å². The summed E-state index contributed by atoms with van der Waals surface area (Å²) in [6, 6.07) is 5.12. The fourth-order valence-electron chi connectivity index (χ4n) is 3.09. The van der Waals surface area contributed by atoms with Crippen LogP contribution in [0, 0.1) is 10.1 Å². The quantitative estimate of drug-likeness (QED) is 0.645. The average molecular weight is 293 g/mol. The zero-order chi connectivity index (χ0) is 15.5. The van der Waals surface area contributed by atoms with Gasteiger partial charge in [0.2, 0.25) is 0 Å². The van der Waals surface area contributed by atoms with Gasteiger partial charge in [-0.1, -0.05) is 18.9 Å². The van der Waals surface area contributed by atoms with Crippen LogP contribution in [0.4, 0.5) is 11.4 Å². The van der Waals surface area contributed by atoms with Crippen LogP contribution in [-0.4, -0.2) is 43.1 Å². The minimum absolute atomic E-state index is 0.00639. The van der Waals surface area contributed by atoms with Gasteiger partial charge in [0.15, 0.2) is 5.75 Å². The van der Waals surface area contributed by atoms with Gasteiger partial charge in [0.05, 0.1) is 12.0 Å². The van der Waals surface area contributed by atoms with Crippen molar-refractivity contribution in [2.75, 3.05) is 33.1 Å². The molecule has 0 atom stereocenters. The molecule has 1 saturated carbocycles. The minimum atomic E-state index is -0.391. The van der Waals surface area contributed by atoms with Crippen LogP contribution in [0.15, 0.2) is 18.2 Å². The SMILES string of the molecule is COc1cccc(NCC2(N(C)C)CCCC2)c1[N+](=O)[O-]. The smallest absolute Gasteiger partial charge is 0.333 e. The Labute approximate surface area is 125 Å². The second kappa shape index (κ2) is 6.30. The first-order valence-electron chi connectivity index (χ1n) is 7.23. The number of nitro benzene ring substituents is 1. The Morgan fingerprint density at radius 3 is 2.57 bits per heavy atom. The molecular formula is C15H23N3O3. The van der Waals surface area contributed by atoms with Gasteiger partial charge < -0.3 is 15.0 Å². The predicted molar refractivity (Wildman–Crippen MR) is 83.0 cm³/mol. The number of nitrogens with zero attached hydrogens (tertiary/aromatic N) is 2. The summed E-state index contributed by atoms with van der Waals surface area (Å²) >= 11 is 0. The molecule has 1 aliphatic carbocycles. The Hall–Kier alpha value is -1.82. The fourth-order valence-corrected chi connectivity index (χ4v) is 3.09. The van der Waals surface area contributed by atoms with E-state index < -0.39 is 4.92 Å². The Morgan fingerprint density at radius 1 is 1.38 bits per heavy atom. The van der Waals surface area contributed by atoms with Gasteiger partial charge in [-0.2, -0.15) is 0 Å². The first-order valence-corrected chi connectivity index (χ1v) is 7.23. The Bertz CT molecular complexity index is 511. The van der Waals surface area contributed by atoms with Gasteiger partial charge in [-0.05, 0) is 39.1 Å². The molecule has 6 nitrogen and oxygen atoms in total. The number of nitrogens with one attached hydrogen (secondary N) is 1. The van der Waals surface area contributed by atoms with Crippen molar-refractivity contribution in [1.82, 2.24) is 4.90 Å². The Kier molecular flexibility index (Phi) is 4.67. The highest BCUT2D eigenvalue weighted by Gasteiger charge is 2.36. The topological polar surface area (TPSA) is 67.6 Å². The maximum absolute atomic E-state index is 11.3. The summed E-state index contributed by atoms with van der Waals surface area (Å²) < 4.78 is 5.10. The number of ether oxygens (including phenoxy) is 1. The third kappa shape index (κ3) is 3.10. The number of nitro groups is 1. The van der Waals surface area contributed by atoms with Crippen LogP contribution in [0.1, 0.15) is 25.7 Å². The first-order chi connectivity index (χ1) is 10.00. The molecule has 6 heteroatoms. The van der Waals surface area contributed by atoms with E-state index in [2.05, 4.69) is 24.3 Å². The van der Waals surface area contributed by atoms with Crippen LogP contribution in [0.2, 0.25) is 0 Å². The fraction of sp³-hybridized carbons (Fsp3) is 0.600. The molecule has 0 unspecified atom stereocenters. The first kappa shape index (κ1) is 15.6. The van der Waals surface area contributed by atoms with E-state index in [0.29, 0.717) is 12.2 Å². The van der Waals surface area contributed by atoms with Crippen LogP contribution in [0.5, 0.6) is 5.75 Å². The molecular weight excluding hydrogens is 270 g/mol. The monoisotopic (exact) mass is 293 g/mol. The van der Waals surface area contributed by atoms with Crippen molar-refractivity contribution < 1.29 is 9.66 Å². The Balaban J connectivity index is 2.22. The molecule has 1 aliphatic rings.